The van der Waals surface area contributed by atoms with Crippen LogP contribution in [-0.2, 0) is 4.79 Å². The second-order valence-electron chi connectivity index (χ2n) is 2.80. The average Bonchev–Trinajstić information content (AvgIpc) is 2.18. The first-order valence-electron chi connectivity index (χ1n) is 4.31. The van der Waals surface area contributed by atoms with Gasteiger partial charge in [-0.1, -0.05) is 12.1 Å². The van der Waals surface area contributed by atoms with E-state index in [2.05, 4.69) is 5.32 Å². The third kappa shape index (κ3) is 3.22. The molecule has 5 heteroatoms. The van der Waals surface area contributed by atoms with Gasteiger partial charge in [-0.15, -0.1) is 0 Å². The normalized spacial score (nSPS) is 10.2. The number of nitrogens with one attached hydrogen (secondary N) is 1. The number of nitrogens with zero attached hydrogens (tertiary/aromatic N) is 1. The van der Waals surface area contributed by atoms with E-state index in [1.165, 1.54) is 24.3 Å². The van der Waals surface area contributed by atoms with E-state index in [1.54, 1.807) is 19.1 Å². The zero-order chi connectivity index (χ0) is 11.3. The summed E-state index contributed by atoms with van der Waals surface area (Å²) in [5.74, 6) is -0.307. The lowest BCUT2D eigenvalue weighted by Crippen LogP contribution is -2.07. The van der Waals surface area contributed by atoms with Crippen LogP contribution in [0.3, 0.4) is 0 Å². The first-order valence-corrected chi connectivity index (χ1v) is 4.31. The molecule has 0 aromatic heterocycles. The molecule has 78 valence electrons. The number of amides is 1. The summed E-state index contributed by atoms with van der Waals surface area (Å²) >= 11 is 0. The maximum absolute atomic E-state index is 11.1. The van der Waals surface area contributed by atoms with Crippen molar-refractivity contribution < 1.29 is 9.72 Å². The number of carbonyl (C=O) groups excluding carboxylic acids is 1. The summed E-state index contributed by atoms with van der Waals surface area (Å²) in [7, 11) is 0. The fourth-order valence-corrected chi connectivity index (χ4v) is 1.03. The molecular formula is C10H10N2O3. The van der Waals surface area contributed by atoms with Gasteiger partial charge >= 0.3 is 0 Å². The average molecular weight is 206 g/mol. The molecule has 0 unspecified atom stereocenters. The number of allylic oxidation sites excluding steroid dienone is 1. The van der Waals surface area contributed by atoms with E-state index in [1.807, 2.05) is 0 Å². The van der Waals surface area contributed by atoms with Crippen LogP contribution in [0.15, 0.2) is 36.4 Å². The van der Waals surface area contributed by atoms with Crippen molar-refractivity contribution in [3.05, 3.63) is 46.5 Å². The molecule has 0 radical (unpaired) electrons. The van der Waals surface area contributed by atoms with Crippen LogP contribution < -0.4 is 5.32 Å². The molecule has 5 nitrogen and oxygen atoms in total. The highest BCUT2D eigenvalue weighted by Gasteiger charge is 2.06. The topological polar surface area (TPSA) is 72.2 Å². The van der Waals surface area contributed by atoms with Crippen LogP contribution in [0.4, 0.5) is 11.4 Å². The smallest absolute Gasteiger partial charge is 0.271 e. The van der Waals surface area contributed by atoms with Gasteiger partial charge in [0.25, 0.3) is 5.69 Å². The molecule has 0 atom stereocenters. The van der Waals surface area contributed by atoms with Crippen molar-refractivity contribution in [2.75, 3.05) is 5.32 Å². The number of hydrogen-bond donors (Lipinski definition) is 1. The summed E-state index contributed by atoms with van der Waals surface area (Å²) in [4.78, 5) is 21.1. The third-order valence-electron chi connectivity index (χ3n) is 1.64. The molecule has 0 heterocycles. The second-order valence-corrected chi connectivity index (χ2v) is 2.80. The Hall–Kier alpha value is -2.17. The Morgan fingerprint density at radius 2 is 2.27 bits per heavy atom. The first kappa shape index (κ1) is 10.9. The SMILES string of the molecule is C/C=C/C(=O)Nc1cccc([N+](=O)[O-])c1. The van der Waals surface area contributed by atoms with Gasteiger partial charge in [-0.05, 0) is 19.1 Å². The Kier molecular flexibility index (Phi) is 3.56. The van der Waals surface area contributed by atoms with Crippen LogP contribution in [0.5, 0.6) is 0 Å². The minimum Gasteiger partial charge on any atom is -0.322 e. The lowest BCUT2D eigenvalue weighted by Gasteiger charge is -2.00. The number of nitro benzene ring substituents is 1. The van der Waals surface area contributed by atoms with E-state index in [-0.39, 0.29) is 11.6 Å². The van der Waals surface area contributed by atoms with Crippen LogP contribution in [0.2, 0.25) is 0 Å². The molecule has 0 aliphatic rings. The zero-order valence-electron chi connectivity index (χ0n) is 8.14. The number of non-ortho nitro benzene ring substituents is 1. The first-order chi connectivity index (χ1) is 7.13. The summed E-state index contributed by atoms with van der Waals surface area (Å²) in [5.41, 5.74) is 0.362. The van der Waals surface area contributed by atoms with E-state index in [0.717, 1.165) is 0 Å². The highest BCUT2D eigenvalue weighted by atomic mass is 16.6. The maximum atomic E-state index is 11.1. The lowest BCUT2D eigenvalue weighted by atomic mass is 10.3. The lowest BCUT2D eigenvalue weighted by molar-refractivity contribution is -0.384. The van der Waals surface area contributed by atoms with Gasteiger partial charge in [-0.25, -0.2) is 0 Å². The number of benzene rings is 1. The van der Waals surface area contributed by atoms with E-state index in [4.69, 9.17) is 0 Å². The Morgan fingerprint density at radius 1 is 1.53 bits per heavy atom. The Labute approximate surface area is 86.6 Å². The monoisotopic (exact) mass is 206 g/mol. The summed E-state index contributed by atoms with van der Waals surface area (Å²) in [6.45, 7) is 1.72. The van der Waals surface area contributed by atoms with Gasteiger partial charge in [-0.3, -0.25) is 14.9 Å². The van der Waals surface area contributed by atoms with Crippen molar-refractivity contribution >= 4 is 17.3 Å². The van der Waals surface area contributed by atoms with Crippen LogP contribution in [0.1, 0.15) is 6.92 Å². The van der Waals surface area contributed by atoms with Gasteiger partial charge in [0.15, 0.2) is 0 Å². The van der Waals surface area contributed by atoms with Crippen molar-refractivity contribution in [3.63, 3.8) is 0 Å². The predicted octanol–water partition coefficient (Wildman–Crippen LogP) is 2.11. The van der Waals surface area contributed by atoms with Gasteiger partial charge < -0.3 is 5.32 Å². The van der Waals surface area contributed by atoms with E-state index < -0.39 is 4.92 Å². The van der Waals surface area contributed by atoms with E-state index in [0.29, 0.717) is 5.69 Å². The molecule has 0 saturated carbocycles. The molecule has 0 aliphatic carbocycles. The number of hydrogen-bond acceptors (Lipinski definition) is 3. The number of rotatable bonds is 3. The van der Waals surface area contributed by atoms with Gasteiger partial charge in [0.1, 0.15) is 0 Å². The Morgan fingerprint density at radius 3 is 2.87 bits per heavy atom. The Balaban J connectivity index is 2.82. The van der Waals surface area contributed by atoms with Gasteiger partial charge in [-0.2, -0.15) is 0 Å². The summed E-state index contributed by atoms with van der Waals surface area (Å²) in [5, 5.41) is 13.0. The van der Waals surface area contributed by atoms with Crippen molar-refractivity contribution in [3.8, 4) is 0 Å². The van der Waals surface area contributed by atoms with Gasteiger partial charge in [0.05, 0.1) is 4.92 Å². The molecule has 0 fully saturated rings. The fourth-order valence-electron chi connectivity index (χ4n) is 1.03. The van der Waals surface area contributed by atoms with Crippen molar-refractivity contribution in [1.82, 2.24) is 0 Å². The van der Waals surface area contributed by atoms with Gasteiger partial charge in [0.2, 0.25) is 5.91 Å². The fraction of sp³-hybridized carbons (Fsp3) is 0.100. The summed E-state index contributed by atoms with van der Waals surface area (Å²) < 4.78 is 0. The van der Waals surface area contributed by atoms with Crippen molar-refractivity contribution in [2.45, 2.75) is 6.92 Å². The molecule has 1 amide bonds. The number of nitro groups is 1. The molecule has 1 aromatic carbocycles. The third-order valence-corrected chi connectivity index (χ3v) is 1.64. The molecule has 1 aromatic rings. The second kappa shape index (κ2) is 4.90. The standard InChI is InChI=1S/C10H10N2O3/c1-2-4-10(13)11-8-5-3-6-9(7-8)12(14)15/h2-7H,1H3,(H,11,13)/b4-2+. The minimum absolute atomic E-state index is 0.0479. The quantitative estimate of drug-likeness (QED) is 0.467. The van der Waals surface area contributed by atoms with Crippen molar-refractivity contribution in [1.29, 1.82) is 0 Å². The minimum atomic E-state index is -0.509. The number of carbonyl (C=O) groups is 1. The molecule has 1 N–H and O–H groups in total. The molecule has 0 aliphatic heterocycles. The van der Waals surface area contributed by atoms with Crippen LogP contribution in [0, 0.1) is 10.1 Å². The van der Waals surface area contributed by atoms with Crippen LogP contribution >= 0.6 is 0 Å². The number of anilines is 1. The van der Waals surface area contributed by atoms with E-state index >= 15 is 0 Å². The van der Waals surface area contributed by atoms with Crippen LogP contribution in [-0.4, -0.2) is 10.8 Å². The van der Waals surface area contributed by atoms with Crippen LogP contribution in [0.25, 0.3) is 0 Å². The maximum Gasteiger partial charge on any atom is 0.271 e. The molecule has 15 heavy (non-hydrogen) atoms. The molecular weight excluding hydrogens is 196 g/mol. The van der Waals surface area contributed by atoms with Crippen molar-refractivity contribution in [2.24, 2.45) is 0 Å². The molecule has 0 bridgehead atoms. The summed E-state index contributed by atoms with van der Waals surface area (Å²) in [6, 6.07) is 5.78. The largest absolute Gasteiger partial charge is 0.322 e. The zero-order valence-corrected chi connectivity index (χ0v) is 8.14. The molecule has 0 spiro atoms. The van der Waals surface area contributed by atoms with Gasteiger partial charge in [0, 0.05) is 17.8 Å². The summed E-state index contributed by atoms with van der Waals surface area (Å²) in [6.07, 6.45) is 2.94. The molecule has 1 rings (SSSR count). The highest BCUT2D eigenvalue weighted by Crippen LogP contribution is 2.16. The van der Waals surface area contributed by atoms with E-state index in [9.17, 15) is 14.9 Å². The molecule has 0 saturated heterocycles. The highest BCUT2D eigenvalue weighted by molar-refractivity contribution is 5.99. The predicted molar refractivity (Wildman–Crippen MR) is 56.5 cm³/mol. The Bertz CT molecular complexity index is 413.